The molecule has 0 saturated carbocycles. The molecule has 1 saturated heterocycles. The van der Waals surface area contributed by atoms with Crippen molar-refractivity contribution in [2.24, 2.45) is 0 Å². The van der Waals surface area contributed by atoms with Crippen molar-refractivity contribution in [2.45, 2.75) is 37.8 Å². The highest BCUT2D eigenvalue weighted by molar-refractivity contribution is 5.82. The summed E-state index contributed by atoms with van der Waals surface area (Å²) in [6, 6.07) is 10.1. The fourth-order valence-electron chi connectivity index (χ4n) is 3.06. The van der Waals surface area contributed by atoms with Gasteiger partial charge in [0.25, 0.3) is 5.91 Å². The molecule has 116 valence electrons. The molecule has 1 aromatic carbocycles. The Hall–Kier alpha value is -1.39. The fraction of sp³-hybridized carbons (Fsp3) is 0.588. The molecule has 0 aromatic heterocycles. The fourth-order valence-corrected chi connectivity index (χ4v) is 3.06. The summed E-state index contributed by atoms with van der Waals surface area (Å²) in [5.74, 6) is 0.101. The normalized spacial score (nSPS) is 20.3. The number of ether oxygens (including phenoxy) is 1. The summed E-state index contributed by atoms with van der Waals surface area (Å²) in [4.78, 5) is 14.9. The van der Waals surface area contributed by atoms with Crippen LogP contribution < -0.4 is 5.32 Å². The van der Waals surface area contributed by atoms with Crippen molar-refractivity contribution in [2.75, 3.05) is 27.2 Å². The maximum Gasteiger partial charge on any atom is 0.256 e. The quantitative estimate of drug-likeness (QED) is 0.874. The van der Waals surface area contributed by atoms with Crippen LogP contribution in [-0.4, -0.2) is 44.1 Å². The predicted octanol–water partition coefficient (Wildman–Crippen LogP) is 2.36. The van der Waals surface area contributed by atoms with E-state index in [1.807, 2.05) is 42.3 Å². The Kier molecular flexibility index (Phi) is 6.21. The SMILES string of the molecule is CNCCC1CCCCN1C(=O)C(OC)c1ccccc1. The van der Waals surface area contributed by atoms with Gasteiger partial charge in [-0.2, -0.15) is 0 Å². The van der Waals surface area contributed by atoms with Crippen LogP contribution >= 0.6 is 0 Å². The number of hydrogen-bond acceptors (Lipinski definition) is 3. The zero-order valence-electron chi connectivity index (χ0n) is 13.0. The topological polar surface area (TPSA) is 41.6 Å². The molecule has 1 heterocycles. The second-order valence-electron chi connectivity index (χ2n) is 5.60. The Bertz CT molecular complexity index is 436. The minimum atomic E-state index is -0.485. The number of carbonyl (C=O) groups excluding carboxylic acids is 1. The van der Waals surface area contributed by atoms with Crippen molar-refractivity contribution >= 4 is 5.91 Å². The molecule has 1 aromatic rings. The van der Waals surface area contributed by atoms with Crippen LogP contribution in [-0.2, 0) is 9.53 Å². The first-order valence-corrected chi connectivity index (χ1v) is 7.80. The number of carbonyl (C=O) groups is 1. The van der Waals surface area contributed by atoms with E-state index >= 15 is 0 Å². The molecule has 1 fully saturated rings. The van der Waals surface area contributed by atoms with Crippen molar-refractivity contribution in [1.82, 2.24) is 10.2 Å². The lowest BCUT2D eigenvalue weighted by Gasteiger charge is -2.37. The highest BCUT2D eigenvalue weighted by atomic mass is 16.5. The number of nitrogens with zero attached hydrogens (tertiary/aromatic N) is 1. The van der Waals surface area contributed by atoms with Gasteiger partial charge in [0.1, 0.15) is 0 Å². The number of rotatable bonds is 6. The maximum atomic E-state index is 12.9. The number of piperidine rings is 1. The lowest BCUT2D eigenvalue weighted by Crippen LogP contribution is -2.47. The predicted molar refractivity (Wildman–Crippen MR) is 84.1 cm³/mol. The smallest absolute Gasteiger partial charge is 0.256 e. The monoisotopic (exact) mass is 290 g/mol. The first-order valence-electron chi connectivity index (χ1n) is 7.80. The van der Waals surface area contributed by atoms with Gasteiger partial charge in [-0.3, -0.25) is 4.79 Å². The third-order valence-corrected chi connectivity index (χ3v) is 4.20. The minimum Gasteiger partial charge on any atom is -0.367 e. The number of benzene rings is 1. The zero-order chi connectivity index (χ0) is 15.1. The number of likely N-dealkylation sites (tertiary alicyclic amines) is 1. The summed E-state index contributed by atoms with van der Waals surface area (Å²) in [5, 5.41) is 3.18. The Morgan fingerprint density at radius 1 is 1.38 bits per heavy atom. The number of hydrogen-bond donors (Lipinski definition) is 1. The van der Waals surface area contributed by atoms with Gasteiger partial charge in [-0.25, -0.2) is 0 Å². The molecule has 0 radical (unpaired) electrons. The summed E-state index contributed by atoms with van der Waals surface area (Å²) in [5.41, 5.74) is 0.933. The number of amides is 1. The zero-order valence-corrected chi connectivity index (χ0v) is 13.0. The van der Waals surface area contributed by atoms with Gasteiger partial charge in [-0.15, -0.1) is 0 Å². The number of nitrogens with one attached hydrogen (secondary N) is 1. The van der Waals surface area contributed by atoms with Crippen LogP contribution in [0.1, 0.15) is 37.4 Å². The summed E-state index contributed by atoms with van der Waals surface area (Å²) >= 11 is 0. The van der Waals surface area contributed by atoms with Gasteiger partial charge in [0.2, 0.25) is 0 Å². The highest BCUT2D eigenvalue weighted by Gasteiger charge is 2.32. The molecule has 0 bridgehead atoms. The first-order chi connectivity index (χ1) is 10.3. The second kappa shape index (κ2) is 8.15. The molecule has 0 spiro atoms. The van der Waals surface area contributed by atoms with E-state index < -0.39 is 6.10 Å². The Labute approximate surface area is 127 Å². The summed E-state index contributed by atoms with van der Waals surface area (Å²) < 4.78 is 5.50. The molecule has 2 unspecified atom stereocenters. The molecule has 4 heteroatoms. The summed E-state index contributed by atoms with van der Waals surface area (Å²) in [6.07, 6.45) is 3.92. The minimum absolute atomic E-state index is 0.101. The lowest BCUT2D eigenvalue weighted by atomic mass is 9.97. The van der Waals surface area contributed by atoms with E-state index in [1.54, 1.807) is 7.11 Å². The third-order valence-electron chi connectivity index (χ3n) is 4.20. The Morgan fingerprint density at radius 3 is 2.81 bits per heavy atom. The maximum absolute atomic E-state index is 12.9. The molecule has 2 atom stereocenters. The van der Waals surface area contributed by atoms with Gasteiger partial charge in [0.05, 0.1) is 0 Å². The second-order valence-corrected chi connectivity index (χ2v) is 5.60. The van der Waals surface area contributed by atoms with Gasteiger partial charge < -0.3 is 15.0 Å². The van der Waals surface area contributed by atoms with E-state index in [1.165, 1.54) is 6.42 Å². The van der Waals surface area contributed by atoms with Gasteiger partial charge in [-0.1, -0.05) is 30.3 Å². The standard InChI is InChI=1S/C17H26N2O2/c1-18-12-11-15-10-6-7-13-19(15)17(20)16(21-2)14-8-4-3-5-9-14/h3-5,8-9,15-16,18H,6-7,10-13H2,1-2H3. The van der Waals surface area contributed by atoms with Crippen molar-refractivity contribution in [3.05, 3.63) is 35.9 Å². The van der Waals surface area contributed by atoms with E-state index in [9.17, 15) is 4.79 Å². The Morgan fingerprint density at radius 2 is 2.14 bits per heavy atom. The van der Waals surface area contributed by atoms with E-state index in [0.29, 0.717) is 6.04 Å². The van der Waals surface area contributed by atoms with Crippen LogP contribution in [0.25, 0.3) is 0 Å². The van der Waals surface area contributed by atoms with Crippen molar-refractivity contribution in [1.29, 1.82) is 0 Å². The lowest BCUT2D eigenvalue weighted by molar-refractivity contribution is -0.146. The van der Waals surface area contributed by atoms with Crippen molar-refractivity contribution < 1.29 is 9.53 Å². The van der Waals surface area contributed by atoms with E-state index in [-0.39, 0.29) is 5.91 Å². The van der Waals surface area contributed by atoms with Crippen molar-refractivity contribution in [3.8, 4) is 0 Å². The van der Waals surface area contributed by atoms with Crippen molar-refractivity contribution in [3.63, 3.8) is 0 Å². The Balaban J connectivity index is 2.11. The van der Waals surface area contributed by atoms with Crippen LogP contribution in [0.5, 0.6) is 0 Å². The highest BCUT2D eigenvalue weighted by Crippen LogP contribution is 2.26. The molecule has 1 amide bonds. The molecule has 4 nitrogen and oxygen atoms in total. The number of methoxy groups -OCH3 is 1. The molecule has 1 aliphatic rings. The molecule has 21 heavy (non-hydrogen) atoms. The molecule has 0 aliphatic carbocycles. The van der Waals surface area contributed by atoms with Gasteiger partial charge in [0.15, 0.2) is 6.10 Å². The average molecular weight is 290 g/mol. The molecule has 1 aliphatic heterocycles. The van der Waals surface area contributed by atoms with E-state index in [4.69, 9.17) is 4.74 Å². The van der Waals surface area contributed by atoms with Crippen LogP contribution in [0.2, 0.25) is 0 Å². The molecular formula is C17H26N2O2. The largest absolute Gasteiger partial charge is 0.367 e. The van der Waals surface area contributed by atoms with Crippen LogP contribution in [0, 0.1) is 0 Å². The van der Waals surface area contributed by atoms with E-state index in [0.717, 1.165) is 37.9 Å². The average Bonchev–Trinajstić information content (AvgIpc) is 2.55. The van der Waals surface area contributed by atoms with Gasteiger partial charge in [0, 0.05) is 19.7 Å². The van der Waals surface area contributed by atoms with Crippen LogP contribution in [0.4, 0.5) is 0 Å². The summed E-state index contributed by atoms with van der Waals surface area (Å²) in [6.45, 7) is 1.79. The summed E-state index contributed by atoms with van der Waals surface area (Å²) in [7, 11) is 3.57. The third kappa shape index (κ3) is 4.05. The molecule has 2 rings (SSSR count). The first kappa shape index (κ1) is 16.0. The van der Waals surface area contributed by atoms with Crippen LogP contribution in [0.15, 0.2) is 30.3 Å². The molecular weight excluding hydrogens is 264 g/mol. The van der Waals surface area contributed by atoms with Gasteiger partial charge in [-0.05, 0) is 44.8 Å². The van der Waals surface area contributed by atoms with E-state index in [2.05, 4.69) is 5.32 Å². The molecule has 1 N–H and O–H groups in total. The van der Waals surface area contributed by atoms with Gasteiger partial charge >= 0.3 is 0 Å². The van der Waals surface area contributed by atoms with Crippen LogP contribution in [0.3, 0.4) is 0 Å².